The normalized spacial score (nSPS) is 17.4. The van der Waals surface area contributed by atoms with E-state index in [0.29, 0.717) is 12.6 Å². The zero-order chi connectivity index (χ0) is 14.1. The Labute approximate surface area is 116 Å². The van der Waals surface area contributed by atoms with Gasteiger partial charge in [0.2, 0.25) is 11.8 Å². The number of rotatable bonds is 5. The van der Waals surface area contributed by atoms with Crippen LogP contribution in [0.5, 0.6) is 0 Å². The lowest BCUT2D eigenvalue weighted by Crippen LogP contribution is -2.42. The predicted molar refractivity (Wildman–Crippen MR) is 75.8 cm³/mol. The van der Waals surface area contributed by atoms with E-state index in [1.54, 1.807) is 14.1 Å². The molecule has 0 aromatic carbocycles. The van der Waals surface area contributed by atoms with Crippen molar-refractivity contribution in [3.63, 3.8) is 0 Å². The first kappa shape index (κ1) is 16.0. The Kier molecular flexibility index (Phi) is 7.48. The summed E-state index contributed by atoms with van der Waals surface area (Å²) in [5.74, 6) is -0.184. The summed E-state index contributed by atoms with van der Waals surface area (Å²) in [4.78, 5) is 24.4. The summed E-state index contributed by atoms with van der Waals surface area (Å²) in [6.07, 6.45) is 8.77. The van der Waals surface area contributed by atoms with Gasteiger partial charge in [-0.05, 0) is 12.8 Å². The van der Waals surface area contributed by atoms with Gasteiger partial charge in [-0.1, -0.05) is 32.1 Å². The van der Waals surface area contributed by atoms with E-state index in [1.807, 2.05) is 0 Å². The van der Waals surface area contributed by atoms with Gasteiger partial charge < -0.3 is 15.5 Å². The van der Waals surface area contributed by atoms with E-state index >= 15 is 0 Å². The number of carbonyl (C=O) groups is 2. The van der Waals surface area contributed by atoms with Crippen LogP contribution in [-0.2, 0) is 9.59 Å². The zero-order valence-corrected chi connectivity index (χ0v) is 12.2. The van der Waals surface area contributed by atoms with Crippen molar-refractivity contribution in [2.45, 2.75) is 51.0 Å². The third kappa shape index (κ3) is 7.15. The SMILES string of the molecule is CN(C)C(=O)CNC(=O)CNC1CCCCCCC1. The van der Waals surface area contributed by atoms with Crippen LogP contribution in [0.1, 0.15) is 44.9 Å². The molecule has 0 aromatic heterocycles. The van der Waals surface area contributed by atoms with Gasteiger partial charge in [0.1, 0.15) is 0 Å². The largest absolute Gasteiger partial charge is 0.347 e. The molecule has 2 N–H and O–H groups in total. The highest BCUT2D eigenvalue weighted by Gasteiger charge is 2.13. The summed E-state index contributed by atoms with van der Waals surface area (Å²) in [5.41, 5.74) is 0. The molecule has 110 valence electrons. The molecule has 1 aliphatic carbocycles. The number of nitrogens with zero attached hydrogens (tertiary/aromatic N) is 1. The predicted octanol–water partition coefficient (Wildman–Crippen LogP) is 0.893. The maximum Gasteiger partial charge on any atom is 0.241 e. The molecule has 0 bridgehead atoms. The van der Waals surface area contributed by atoms with Crippen LogP contribution in [0.15, 0.2) is 0 Å². The first-order valence-corrected chi connectivity index (χ1v) is 7.30. The van der Waals surface area contributed by atoms with Crippen LogP contribution in [0.4, 0.5) is 0 Å². The van der Waals surface area contributed by atoms with Crippen LogP contribution in [0.2, 0.25) is 0 Å². The van der Waals surface area contributed by atoms with E-state index in [1.165, 1.54) is 37.0 Å². The van der Waals surface area contributed by atoms with Gasteiger partial charge in [-0.2, -0.15) is 0 Å². The first-order valence-electron chi connectivity index (χ1n) is 7.30. The van der Waals surface area contributed by atoms with Crippen LogP contribution < -0.4 is 10.6 Å². The van der Waals surface area contributed by atoms with Gasteiger partial charge in [0.25, 0.3) is 0 Å². The van der Waals surface area contributed by atoms with Crippen molar-refractivity contribution < 1.29 is 9.59 Å². The monoisotopic (exact) mass is 269 g/mol. The Morgan fingerprint density at radius 3 is 2.16 bits per heavy atom. The highest BCUT2D eigenvalue weighted by Crippen LogP contribution is 2.16. The summed E-state index contributed by atoms with van der Waals surface area (Å²) in [6, 6.07) is 0.454. The molecule has 0 atom stereocenters. The minimum absolute atomic E-state index is 0.0815. The Morgan fingerprint density at radius 1 is 1.00 bits per heavy atom. The fraction of sp³-hybridized carbons (Fsp3) is 0.857. The molecule has 0 heterocycles. The Hall–Kier alpha value is -1.10. The lowest BCUT2D eigenvalue weighted by atomic mass is 9.97. The van der Waals surface area contributed by atoms with Crippen molar-refractivity contribution in [1.82, 2.24) is 15.5 Å². The van der Waals surface area contributed by atoms with Gasteiger partial charge in [0, 0.05) is 20.1 Å². The van der Waals surface area contributed by atoms with Crippen LogP contribution in [0.25, 0.3) is 0 Å². The van der Waals surface area contributed by atoms with Gasteiger partial charge in [-0.3, -0.25) is 9.59 Å². The van der Waals surface area contributed by atoms with Gasteiger partial charge >= 0.3 is 0 Å². The molecule has 2 amide bonds. The van der Waals surface area contributed by atoms with Crippen LogP contribution in [-0.4, -0.2) is 49.9 Å². The molecule has 5 heteroatoms. The summed E-state index contributed by atoms with van der Waals surface area (Å²) in [5, 5.41) is 5.94. The van der Waals surface area contributed by atoms with Crippen molar-refractivity contribution in [1.29, 1.82) is 0 Å². The average molecular weight is 269 g/mol. The van der Waals surface area contributed by atoms with E-state index in [0.717, 1.165) is 12.8 Å². The fourth-order valence-electron chi connectivity index (χ4n) is 2.29. The van der Waals surface area contributed by atoms with E-state index < -0.39 is 0 Å². The molecule has 1 aliphatic rings. The molecular formula is C14H27N3O2. The second-order valence-corrected chi connectivity index (χ2v) is 5.49. The molecule has 5 nitrogen and oxygen atoms in total. The Morgan fingerprint density at radius 2 is 1.58 bits per heavy atom. The highest BCUT2D eigenvalue weighted by atomic mass is 16.2. The average Bonchev–Trinajstić information content (AvgIpc) is 2.34. The van der Waals surface area contributed by atoms with Crippen molar-refractivity contribution in [3.05, 3.63) is 0 Å². The number of carbonyl (C=O) groups excluding carboxylic acids is 2. The molecule has 0 aliphatic heterocycles. The highest BCUT2D eigenvalue weighted by molar-refractivity contribution is 5.85. The van der Waals surface area contributed by atoms with Gasteiger partial charge in [-0.25, -0.2) is 0 Å². The molecule has 1 rings (SSSR count). The summed E-state index contributed by atoms with van der Waals surface area (Å²) < 4.78 is 0. The number of nitrogens with one attached hydrogen (secondary N) is 2. The van der Waals surface area contributed by atoms with E-state index in [9.17, 15) is 9.59 Å². The molecular weight excluding hydrogens is 242 g/mol. The Balaban J connectivity index is 2.16. The first-order chi connectivity index (χ1) is 9.09. The topological polar surface area (TPSA) is 61.4 Å². The minimum atomic E-state index is -0.0998. The zero-order valence-electron chi connectivity index (χ0n) is 12.2. The third-order valence-electron chi connectivity index (χ3n) is 3.59. The third-order valence-corrected chi connectivity index (χ3v) is 3.59. The van der Waals surface area contributed by atoms with E-state index in [-0.39, 0.29) is 18.4 Å². The second-order valence-electron chi connectivity index (χ2n) is 5.49. The molecule has 0 unspecified atom stereocenters. The van der Waals surface area contributed by atoms with Crippen LogP contribution >= 0.6 is 0 Å². The summed E-state index contributed by atoms with van der Waals surface area (Å²) >= 11 is 0. The number of likely N-dealkylation sites (N-methyl/N-ethyl adjacent to an activating group) is 1. The van der Waals surface area contributed by atoms with Crippen molar-refractivity contribution in [3.8, 4) is 0 Å². The van der Waals surface area contributed by atoms with Crippen LogP contribution in [0, 0.1) is 0 Å². The summed E-state index contributed by atoms with van der Waals surface area (Å²) in [6.45, 7) is 0.392. The minimum Gasteiger partial charge on any atom is -0.347 e. The second kappa shape index (κ2) is 8.91. The van der Waals surface area contributed by atoms with E-state index in [4.69, 9.17) is 0 Å². The number of amides is 2. The standard InChI is InChI=1S/C14H27N3O2/c1-17(2)14(19)11-16-13(18)10-15-12-8-6-4-3-5-7-9-12/h12,15H,3-11H2,1-2H3,(H,16,18). The molecule has 0 spiro atoms. The molecule has 19 heavy (non-hydrogen) atoms. The van der Waals surface area contributed by atoms with Gasteiger partial charge in [-0.15, -0.1) is 0 Å². The molecule has 0 saturated heterocycles. The van der Waals surface area contributed by atoms with Crippen molar-refractivity contribution in [2.75, 3.05) is 27.2 Å². The maximum absolute atomic E-state index is 11.6. The summed E-state index contributed by atoms with van der Waals surface area (Å²) in [7, 11) is 3.36. The fourth-order valence-corrected chi connectivity index (χ4v) is 2.29. The van der Waals surface area contributed by atoms with E-state index in [2.05, 4.69) is 10.6 Å². The number of hydrogen-bond acceptors (Lipinski definition) is 3. The van der Waals surface area contributed by atoms with Gasteiger partial charge in [0.15, 0.2) is 0 Å². The maximum atomic E-state index is 11.6. The van der Waals surface area contributed by atoms with Crippen molar-refractivity contribution in [2.24, 2.45) is 0 Å². The number of hydrogen-bond donors (Lipinski definition) is 2. The molecule has 0 radical (unpaired) electrons. The van der Waals surface area contributed by atoms with Crippen LogP contribution in [0.3, 0.4) is 0 Å². The Bertz CT molecular complexity index is 284. The smallest absolute Gasteiger partial charge is 0.241 e. The molecule has 0 aromatic rings. The molecule has 1 saturated carbocycles. The van der Waals surface area contributed by atoms with Crippen molar-refractivity contribution >= 4 is 11.8 Å². The lowest BCUT2D eigenvalue weighted by Gasteiger charge is -2.20. The quantitative estimate of drug-likeness (QED) is 0.779. The van der Waals surface area contributed by atoms with Gasteiger partial charge in [0.05, 0.1) is 13.1 Å². The molecule has 1 fully saturated rings. The lowest BCUT2D eigenvalue weighted by molar-refractivity contribution is -0.130.